The van der Waals surface area contributed by atoms with Gasteiger partial charge in [-0.2, -0.15) is 0 Å². The van der Waals surface area contributed by atoms with E-state index in [0.717, 1.165) is 26.2 Å². The summed E-state index contributed by atoms with van der Waals surface area (Å²) in [6, 6.07) is 6.51. The third kappa shape index (κ3) is 3.12. The van der Waals surface area contributed by atoms with Crippen LogP contribution in [0.1, 0.15) is 12.5 Å². The fourth-order valence-corrected chi connectivity index (χ4v) is 2.46. The Labute approximate surface area is 108 Å². The SMILES string of the molecule is CC1CN(C)CCN1Cc1ccc(Cl)c(N)c1. The van der Waals surface area contributed by atoms with Crippen molar-refractivity contribution in [1.29, 1.82) is 0 Å². The maximum Gasteiger partial charge on any atom is 0.0635 e. The van der Waals surface area contributed by atoms with Gasteiger partial charge in [0, 0.05) is 32.2 Å². The van der Waals surface area contributed by atoms with Crippen molar-refractivity contribution in [3.05, 3.63) is 28.8 Å². The molecule has 1 aromatic rings. The summed E-state index contributed by atoms with van der Waals surface area (Å²) in [6.07, 6.45) is 0. The molecule has 1 unspecified atom stereocenters. The highest BCUT2D eigenvalue weighted by atomic mass is 35.5. The van der Waals surface area contributed by atoms with E-state index >= 15 is 0 Å². The molecule has 0 aromatic heterocycles. The molecular weight excluding hydrogens is 234 g/mol. The number of benzene rings is 1. The van der Waals surface area contributed by atoms with Crippen LogP contribution >= 0.6 is 11.6 Å². The van der Waals surface area contributed by atoms with Gasteiger partial charge in [0.05, 0.1) is 10.7 Å². The normalized spacial score (nSPS) is 22.9. The first-order valence-corrected chi connectivity index (χ1v) is 6.40. The van der Waals surface area contributed by atoms with Gasteiger partial charge in [0.2, 0.25) is 0 Å². The number of rotatable bonds is 2. The van der Waals surface area contributed by atoms with Crippen LogP contribution in [0, 0.1) is 0 Å². The lowest BCUT2D eigenvalue weighted by Gasteiger charge is -2.38. The van der Waals surface area contributed by atoms with Gasteiger partial charge in [0.15, 0.2) is 0 Å². The van der Waals surface area contributed by atoms with Crippen molar-refractivity contribution in [2.75, 3.05) is 32.4 Å². The van der Waals surface area contributed by atoms with Gasteiger partial charge < -0.3 is 10.6 Å². The lowest BCUT2D eigenvalue weighted by Crippen LogP contribution is -2.49. The molecule has 1 heterocycles. The molecular formula is C13H20ClN3. The third-order valence-corrected chi connectivity index (χ3v) is 3.76. The molecule has 94 valence electrons. The molecule has 4 heteroatoms. The lowest BCUT2D eigenvalue weighted by atomic mass is 10.1. The lowest BCUT2D eigenvalue weighted by molar-refractivity contribution is 0.0938. The number of halogens is 1. The second-order valence-corrected chi connectivity index (χ2v) is 5.34. The second kappa shape index (κ2) is 5.25. The molecule has 1 fully saturated rings. The number of piperazine rings is 1. The van der Waals surface area contributed by atoms with Crippen LogP contribution in [-0.4, -0.2) is 42.5 Å². The van der Waals surface area contributed by atoms with E-state index in [1.54, 1.807) is 0 Å². The van der Waals surface area contributed by atoms with Crippen molar-refractivity contribution in [3.63, 3.8) is 0 Å². The van der Waals surface area contributed by atoms with Gasteiger partial charge in [-0.1, -0.05) is 17.7 Å². The summed E-state index contributed by atoms with van der Waals surface area (Å²) in [5.74, 6) is 0. The average molecular weight is 254 g/mol. The van der Waals surface area contributed by atoms with E-state index in [4.69, 9.17) is 17.3 Å². The number of likely N-dealkylation sites (N-methyl/N-ethyl adjacent to an activating group) is 1. The van der Waals surface area contributed by atoms with Crippen LogP contribution in [0.2, 0.25) is 5.02 Å². The number of hydrogen-bond acceptors (Lipinski definition) is 3. The van der Waals surface area contributed by atoms with E-state index in [0.29, 0.717) is 16.8 Å². The van der Waals surface area contributed by atoms with E-state index in [-0.39, 0.29) is 0 Å². The van der Waals surface area contributed by atoms with Crippen LogP contribution < -0.4 is 5.73 Å². The second-order valence-electron chi connectivity index (χ2n) is 4.94. The first kappa shape index (κ1) is 12.7. The third-order valence-electron chi connectivity index (χ3n) is 3.41. The zero-order chi connectivity index (χ0) is 12.4. The van der Waals surface area contributed by atoms with Crippen LogP contribution in [0.25, 0.3) is 0 Å². The van der Waals surface area contributed by atoms with Crippen LogP contribution in [0.5, 0.6) is 0 Å². The molecule has 1 aromatic carbocycles. The predicted molar refractivity (Wildman–Crippen MR) is 73.2 cm³/mol. The largest absolute Gasteiger partial charge is 0.398 e. The van der Waals surface area contributed by atoms with Gasteiger partial charge in [0.25, 0.3) is 0 Å². The molecule has 1 saturated heterocycles. The first-order chi connectivity index (χ1) is 8.06. The maximum absolute atomic E-state index is 5.93. The van der Waals surface area contributed by atoms with E-state index in [9.17, 15) is 0 Å². The van der Waals surface area contributed by atoms with Gasteiger partial charge in [-0.25, -0.2) is 0 Å². The Hall–Kier alpha value is -0.770. The monoisotopic (exact) mass is 253 g/mol. The number of nitrogens with two attached hydrogens (primary N) is 1. The highest BCUT2D eigenvalue weighted by Crippen LogP contribution is 2.21. The van der Waals surface area contributed by atoms with Crippen molar-refractivity contribution in [2.24, 2.45) is 0 Å². The van der Waals surface area contributed by atoms with Gasteiger partial charge >= 0.3 is 0 Å². The molecule has 2 N–H and O–H groups in total. The number of nitrogen functional groups attached to an aromatic ring is 1. The number of anilines is 1. The zero-order valence-corrected chi connectivity index (χ0v) is 11.2. The number of nitrogens with zero attached hydrogens (tertiary/aromatic N) is 2. The van der Waals surface area contributed by atoms with Crippen LogP contribution in [-0.2, 0) is 6.54 Å². The number of hydrogen-bond donors (Lipinski definition) is 1. The molecule has 0 saturated carbocycles. The summed E-state index contributed by atoms with van der Waals surface area (Å²) in [7, 11) is 2.17. The predicted octanol–water partition coefficient (Wildman–Crippen LogP) is 2.06. The maximum atomic E-state index is 5.93. The van der Waals surface area contributed by atoms with Gasteiger partial charge in [-0.15, -0.1) is 0 Å². The molecule has 0 spiro atoms. The summed E-state index contributed by atoms with van der Waals surface area (Å²) in [5.41, 5.74) is 7.74. The molecule has 1 aliphatic rings. The molecule has 0 amide bonds. The fourth-order valence-electron chi connectivity index (χ4n) is 2.34. The van der Waals surface area contributed by atoms with Crippen molar-refractivity contribution < 1.29 is 0 Å². The molecule has 0 bridgehead atoms. The summed E-state index contributed by atoms with van der Waals surface area (Å²) < 4.78 is 0. The molecule has 1 aliphatic heterocycles. The highest BCUT2D eigenvalue weighted by molar-refractivity contribution is 6.33. The summed E-state index contributed by atoms with van der Waals surface area (Å²) in [4.78, 5) is 4.86. The average Bonchev–Trinajstić information content (AvgIpc) is 2.27. The van der Waals surface area contributed by atoms with Crippen molar-refractivity contribution in [2.45, 2.75) is 19.5 Å². The quantitative estimate of drug-likeness (QED) is 0.819. The minimum atomic E-state index is 0.589. The smallest absolute Gasteiger partial charge is 0.0635 e. The summed E-state index contributed by atoms with van der Waals surface area (Å²) in [6.45, 7) is 6.60. The van der Waals surface area contributed by atoms with E-state index < -0.39 is 0 Å². The first-order valence-electron chi connectivity index (χ1n) is 6.03. The topological polar surface area (TPSA) is 32.5 Å². The molecule has 0 aliphatic carbocycles. The Morgan fingerprint density at radius 3 is 2.82 bits per heavy atom. The molecule has 17 heavy (non-hydrogen) atoms. The van der Waals surface area contributed by atoms with Gasteiger partial charge in [-0.3, -0.25) is 4.90 Å². The minimum Gasteiger partial charge on any atom is -0.398 e. The van der Waals surface area contributed by atoms with E-state index in [2.05, 4.69) is 29.8 Å². The molecule has 0 radical (unpaired) electrons. The van der Waals surface area contributed by atoms with Crippen LogP contribution in [0.15, 0.2) is 18.2 Å². The van der Waals surface area contributed by atoms with Crippen LogP contribution in [0.3, 0.4) is 0 Å². The Morgan fingerprint density at radius 1 is 1.41 bits per heavy atom. The standard InChI is InChI=1S/C13H20ClN3/c1-10-8-16(2)5-6-17(10)9-11-3-4-12(14)13(15)7-11/h3-4,7,10H,5-6,8-9,15H2,1-2H3. The Balaban J connectivity index is 2.02. The summed E-state index contributed by atoms with van der Waals surface area (Å²) in [5, 5.41) is 0.639. The molecule has 2 rings (SSSR count). The van der Waals surface area contributed by atoms with Crippen molar-refractivity contribution in [1.82, 2.24) is 9.80 Å². The van der Waals surface area contributed by atoms with Crippen molar-refractivity contribution in [3.8, 4) is 0 Å². The fraction of sp³-hybridized carbons (Fsp3) is 0.538. The van der Waals surface area contributed by atoms with E-state index in [1.807, 2.05) is 12.1 Å². The Kier molecular flexibility index (Phi) is 3.92. The van der Waals surface area contributed by atoms with Crippen LogP contribution in [0.4, 0.5) is 5.69 Å². The highest BCUT2D eigenvalue weighted by Gasteiger charge is 2.21. The zero-order valence-electron chi connectivity index (χ0n) is 10.5. The molecule has 1 atom stereocenters. The van der Waals surface area contributed by atoms with E-state index in [1.165, 1.54) is 5.56 Å². The Bertz CT molecular complexity index is 394. The van der Waals surface area contributed by atoms with Gasteiger partial charge in [-0.05, 0) is 31.7 Å². The minimum absolute atomic E-state index is 0.589. The summed E-state index contributed by atoms with van der Waals surface area (Å²) >= 11 is 5.93. The van der Waals surface area contributed by atoms with Crippen molar-refractivity contribution >= 4 is 17.3 Å². The van der Waals surface area contributed by atoms with Gasteiger partial charge in [0.1, 0.15) is 0 Å². The molecule has 3 nitrogen and oxygen atoms in total. The Morgan fingerprint density at radius 2 is 2.18 bits per heavy atom.